The molecule has 0 aromatic heterocycles. The summed E-state index contributed by atoms with van der Waals surface area (Å²) in [6.45, 7) is 0. The number of thioether (sulfide) groups is 1. The fraction of sp³-hybridized carbons (Fsp3) is 0.462. The Labute approximate surface area is 110 Å². The molecule has 2 unspecified atom stereocenters. The maximum absolute atomic E-state index is 13.5. The van der Waals surface area contributed by atoms with E-state index in [-0.39, 0.29) is 11.6 Å². The van der Waals surface area contributed by atoms with Crippen LogP contribution >= 0.6 is 11.8 Å². The lowest BCUT2D eigenvalue weighted by atomic mass is 9.96. The van der Waals surface area contributed by atoms with Crippen LogP contribution in [0.3, 0.4) is 0 Å². The van der Waals surface area contributed by atoms with Crippen LogP contribution in [0.2, 0.25) is 0 Å². The number of carboxylic acid groups (broad SMARTS) is 1. The molecule has 0 aliphatic carbocycles. The minimum Gasteiger partial charge on any atom is -0.480 e. The van der Waals surface area contributed by atoms with Gasteiger partial charge in [-0.05, 0) is 42.4 Å². The summed E-state index contributed by atoms with van der Waals surface area (Å²) in [5.41, 5.74) is 0.264. The average Bonchev–Trinajstić information content (AvgIpc) is 2.38. The van der Waals surface area contributed by atoms with Crippen molar-refractivity contribution in [2.45, 2.75) is 18.9 Å². The highest BCUT2D eigenvalue weighted by Crippen LogP contribution is 2.27. The molecule has 2 N–H and O–H groups in total. The molecule has 1 saturated heterocycles. The van der Waals surface area contributed by atoms with E-state index in [1.165, 1.54) is 6.07 Å². The molecule has 1 aliphatic heterocycles. The maximum atomic E-state index is 13.5. The van der Waals surface area contributed by atoms with E-state index in [0.29, 0.717) is 0 Å². The number of anilines is 1. The molecule has 1 aromatic carbocycles. The summed E-state index contributed by atoms with van der Waals surface area (Å²) in [5.74, 6) is 0.639. The molecule has 1 heterocycles. The number of carboxylic acids is 1. The standard InChI is InChI=1S/C13H16FNO2S/c14-10-5-1-2-6-11(10)15-12(13(16)17)9-4-3-7-18-8-9/h1-2,5-6,9,12,15H,3-4,7-8H2,(H,16,17). The van der Waals surface area contributed by atoms with Crippen molar-refractivity contribution >= 4 is 23.4 Å². The van der Waals surface area contributed by atoms with Crippen LogP contribution in [-0.4, -0.2) is 28.6 Å². The van der Waals surface area contributed by atoms with Crippen molar-refractivity contribution < 1.29 is 14.3 Å². The van der Waals surface area contributed by atoms with E-state index in [1.807, 2.05) is 0 Å². The molecule has 0 radical (unpaired) electrons. The molecule has 1 aromatic rings. The molecule has 2 atom stereocenters. The van der Waals surface area contributed by atoms with Crippen LogP contribution in [-0.2, 0) is 4.79 Å². The molecule has 3 nitrogen and oxygen atoms in total. The Hall–Kier alpha value is -1.23. The third-order valence-corrected chi connectivity index (χ3v) is 4.36. The van der Waals surface area contributed by atoms with E-state index in [2.05, 4.69) is 5.32 Å². The molecule has 2 rings (SSSR count). The first kappa shape index (κ1) is 13.2. The molecular formula is C13H16FNO2S. The summed E-state index contributed by atoms with van der Waals surface area (Å²) in [6, 6.07) is 5.47. The third-order valence-electron chi connectivity index (χ3n) is 3.12. The summed E-state index contributed by atoms with van der Waals surface area (Å²) < 4.78 is 13.5. The minimum atomic E-state index is -0.911. The van der Waals surface area contributed by atoms with E-state index in [4.69, 9.17) is 0 Å². The zero-order valence-corrected chi connectivity index (χ0v) is 10.8. The first-order valence-electron chi connectivity index (χ1n) is 6.00. The fourth-order valence-corrected chi connectivity index (χ4v) is 3.35. The van der Waals surface area contributed by atoms with Crippen LogP contribution < -0.4 is 5.32 Å². The first-order chi connectivity index (χ1) is 8.68. The minimum absolute atomic E-state index is 0.0563. The van der Waals surface area contributed by atoms with Gasteiger partial charge in [0.1, 0.15) is 11.9 Å². The van der Waals surface area contributed by atoms with Crippen LogP contribution in [0.4, 0.5) is 10.1 Å². The highest BCUT2D eigenvalue weighted by molar-refractivity contribution is 7.99. The Kier molecular flexibility index (Phi) is 4.47. The van der Waals surface area contributed by atoms with E-state index in [0.717, 1.165) is 24.3 Å². The topological polar surface area (TPSA) is 49.3 Å². The van der Waals surface area contributed by atoms with E-state index in [1.54, 1.807) is 30.0 Å². The number of carbonyl (C=O) groups is 1. The summed E-state index contributed by atoms with van der Waals surface area (Å²) in [7, 11) is 0. The van der Waals surface area contributed by atoms with Crippen molar-refractivity contribution in [3.05, 3.63) is 30.1 Å². The van der Waals surface area contributed by atoms with Crippen molar-refractivity contribution in [1.82, 2.24) is 0 Å². The Morgan fingerprint density at radius 2 is 2.28 bits per heavy atom. The third kappa shape index (κ3) is 3.16. The highest BCUT2D eigenvalue weighted by atomic mass is 32.2. The van der Waals surface area contributed by atoms with Gasteiger partial charge in [0.15, 0.2) is 0 Å². The van der Waals surface area contributed by atoms with Gasteiger partial charge in [0.25, 0.3) is 0 Å². The first-order valence-corrected chi connectivity index (χ1v) is 7.15. The van der Waals surface area contributed by atoms with Crippen LogP contribution in [0.15, 0.2) is 24.3 Å². The van der Waals surface area contributed by atoms with Crippen molar-refractivity contribution in [3.63, 3.8) is 0 Å². The monoisotopic (exact) mass is 269 g/mol. The molecule has 5 heteroatoms. The average molecular weight is 269 g/mol. The van der Waals surface area contributed by atoms with Gasteiger partial charge in [-0.2, -0.15) is 11.8 Å². The van der Waals surface area contributed by atoms with Gasteiger partial charge in [0, 0.05) is 0 Å². The normalized spacial score (nSPS) is 21.3. The number of hydrogen-bond donors (Lipinski definition) is 2. The van der Waals surface area contributed by atoms with Gasteiger partial charge >= 0.3 is 5.97 Å². The van der Waals surface area contributed by atoms with Gasteiger partial charge in [-0.3, -0.25) is 0 Å². The van der Waals surface area contributed by atoms with E-state index >= 15 is 0 Å². The lowest BCUT2D eigenvalue weighted by Gasteiger charge is -2.28. The number of aliphatic carboxylic acids is 1. The number of benzene rings is 1. The Morgan fingerprint density at radius 1 is 1.50 bits per heavy atom. The second-order valence-corrected chi connectivity index (χ2v) is 5.57. The van der Waals surface area contributed by atoms with E-state index in [9.17, 15) is 14.3 Å². The van der Waals surface area contributed by atoms with Gasteiger partial charge in [-0.25, -0.2) is 9.18 Å². The zero-order valence-electron chi connectivity index (χ0n) is 9.93. The second-order valence-electron chi connectivity index (χ2n) is 4.42. The molecule has 18 heavy (non-hydrogen) atoms. The number of hydrogen-bond acceptors (Lipinski definition) is 3. The highest BCUT2D eigenvalue weighted by Gasteiger charge is 2.30. The van der Waals surface area contributed by atoms with Crippen molar-refractivity contribution in [3.8, 4) is 0 Å². The van der Waals surface area contributed by atoms with Crippen molar-refractivity contribution in [2.24, 2.45) is 5.92 Å². The molecule has 1 fully saturated rings. The fourth-order valence-electron chi connectivity index (χ4n) is 2.16. The van der Waals surface area contributed by atoms with Gasteiger partial charge in [0.2, 0.25) is 0 Å². The summed E-state index contributed by atoms with van der Waals surface area (Å²) in [5, 5.41) is 12.1. The molecule has 0 spiro atoms. The summed E-state index contributed by atoms with van der Waals surface area (Å²) in [6.07, 6.45) is 1.91. The smallest absolute Gasteiger partial charge is 0.326 e. The van der Waals surface area contributed by atoms with Gasteiger partial charge in [0.05, 0.1) is 5.69 Å². The number of para-hydroxylation sites is 1. The SMILES string of the molecule is O=C(O)C(Nc1ccccc1F)C1CCCSC1. The van der Waals surface area contributed by atoms with Crippen molar-refractivity contribution in [1.29, 1.82) is 0 Å². The maximum Gasteiger partial charge on any atom is 0.326 e. The lowest BCUT2D eigenvalue weighted by molar-refractivity contribution is -0.139. The predicted octanol–water partition coefficient (Wildman–Crippen LogP) is 2.83. The molecule has 0 bridgehead atoms. The quantitative estimate of drug-likeness (QED) is 0.882. The Bertz CT molecular complexity index is 421. The molecule has 98 valence electrons. The lowest BCUT2D eigenvalue weighted by Crippen LogP contribution is -2.39. The molecule has 1 aliphatic rings. The summed E-state index contributed by atoms with van der Waals surface area (Å²) >= 11 is 1.77. The number of nitrogens with one attached hydrogen (secondary N) is 1. The predicted molar refractivity (Wildman–Crippen MR) is 71.5 cm³/mol. The summed E-state index contributed by atoms with van der Waals surface area (Å²) in [4.78, 5) is 11.3. The van der Waals surface area contributed by atoms with Gasteiger partial charge in [-0.1, -0.05) is 12.1 Å². The van der Waals surface area contributed by atoms with Crippen LogP contribution in [0.1, 0.15) is 12.8 Å². The Balaban J connectivity index is 2.11. The van der Waals surface area contributed by atoms with Crippen LogP contribution in [0, 0.1) is 11.7 Å². The largest absolute Gasteiger partial charge is 0.480 e. The van der Waals surface area contributed by atoms with Gasteiger partial charge < -0.3 is 10.4 Å². The second kappa shape index (κ2) is 6.09. The zero-order chi connectivity index (χ0) is 13.0. The molecule has 0 amide bonds. The van der Waals surface area contributed by atoms with Crippen LogP contribution in [0.25, 0.3) is 0 Å². The van der Waals surface area contributed by atoms with Crippen molar-refractivity contribution in [2.75, 3.05) is 16.8 Å². The Morgan fingerprint density at radius 3 is 2.89 bits per heavy atom. The molecular weight excluding hydrogens is 253 g/mol. The van der Waals surface area contributed by atoms with E-state index < -0.39 is 17.8 Å². The number of halogens is 1. The number of rotatable bonds is 4. The van der Waals surface area contributed by atoms with Crippen LogP contribution in [0.5, 0.6) is 0 Å². The molecule has 0 saturated carbocycles. The van der Waals surface area contributed by atoms with Gasteiger partial charge in [-0.15, -0.1) is 0 Å².